The first kappa shape index (κ1) is 27.6. The highest BCUT2D eigenvalue weighted by molar-refractivity contribution is 5.89. The van der Waals surface area contributed by atoms with E-state index in [9.17, 15) is 29.1 Å². The maximum Gasteiger partial charge on any atom is 0.240 e. The van der Waals surface area contributed by atoms with Crippen LogP contribution in [0.1, 0.15) is 45.4 Å². The summed E-state index contributed by atoms with van der Waals surface area (Å²) in [6.45, 7) is 1.87. The van der Waals surface area contributed by atoms with Crippen LogP contribution in [0.3, 0.4) is 0 Å². The SMILES string of the molecule is C[C@H](N)C(=O)N[C@H](CCC(=O)C[C@@H](O)[C@H](N)C(=O)N[C@H]([C]=O)CCCCN)C(N)=O. The van der Waals surface area contributed by atoms with E-state index < -0.39 is 60.2 Å². The Balaban J connectivity index is 4.57. The molecule has 1 radical (unpaired) electrons. The Morgan fingerprint density at radius 3 is 2.17 bits per heavy atom. The number of hydrogen-bond donors (Lipinski definition) is 7. The lowest BCUT2D eigenvalue weighted by atomic mass is 10.00. The number of aliphatic hydroxyl groups excluding tert-OH is 1. The molecule has 0 aromatic carbocycles. The number of carbonyl (C=O) groups is 4. The number of primary amides is 1. The Kier molecular flexibility index (Phi) is 13.4. The summed E-state index contributed by atoms with van der Waals surface area (Å²) < 4.78 is 0. The zero-order valence-corrected chi connectivity index (χ0v) is 17.1. The van der Waals surface area contributed by atoms with Gasteiger partial charge < -0.3 is 38.7 Å². The van der Waals surface area contributed by atoms with Crippen LogP contribution in [0.4, 0.5) is 0 Å². The molecule has 0 aliphatic rings. The van der Waals surface area contributed by atoms with Crippen molar-refractivity contribution in [2.24, 2.45) is 22.9 Å². The van der Waals surface area contributed by atoms with Gasteiger partial charge in [0.25, 0.3) is 0 Å². The van der Waals surface area contributed by atoms with E-state index in [2.05, 4.69) is 10.6 Å². The molecule has 11 N–H and O–H groups in total. The van der Waals surface area contributed by atoms with Crippen molar-refractivity contribution < 1.29 is 29.1 Å². The van der Waals surface area contributed by atoms with Gasteiger partial charge in [-0.05, 0) is 39.2 Å². The molecule has 0 aliphatic carbocycles. The molecule has 0 aromatic heterocycles. The molecule has 0 bridgehead atoms. The standard InChI is InChI=1S/C18H33N6O6/c1-10(20)17(29)24-13(16(22)28)6-5-12(26)8-14(27)15(21)18(30)23-11(9-25)4-2-3-7-19/h10-11,13-15,27H,2-8,19-21H2,1H3,(H2,22,28)(H,23,30)(H,24,29)/t10-,11-,13+,14+,15-/m0/s1. The lowest BCUT2D eigenvalue weighted by Gasteiger charge is -2.20. The fourth-order valence-corrected chi connectivity index (χ4v) is 2.45. The van der Waals surface area contributed by atoms with Crippen molar-refractivity contribution in [1.29, 1.82) is 0 Å². The van der Waals surface area contributed by atoms with E-state index in [1.54, 1.807) is 6.29 Å². The van der Waals surface area contributed by atoms with Crippen LogP contribution in [-0.4, -0.2) is 71.7 Å². The number of Topliss-reactive ketones (excluding diaryl/α,β-unsaturated/α-hetero) is 1. The van der Waals surface area contributed by atoms with Crippen LogP contribution in [0.25, 0.3) is 0 Å². The molecular formula is C18H33N6O6. The Morgan fingerprint density at radius 2 is 1.67 bits per heavy atom. The van der Waals surface area contributed by atoms with Gasteiger partial charge in [0.05, 0.1) is 18.2 Å². The molecule has 0 rings (SSSR count). The number of ketones is 1. The van der Waals surface area contributed by atoms with Crippen molar-refractivity contribution in [3.8, 4) is 0 Å². The van der Waals surface area contributed by atoms with E-state index in [0.29, 0.717) is 25.8 Å². The van der Waals surface area contributed by atoms with Crippen LogP contribution < -0.4 is 33.6 Å². The van der Waals surface area contributed by atoms with Crippen LogP contribution >= 0.6 is 0 Å². The van der Waals surface area contributed by atoms with E-state index >= 15 is 0 Å². The summed E-state index contributed by atoms with van der Waals surface area (Å²) in [4.78, 5) is 58.1. The largest absolute Gasteiger partial charge is 0.390 e. The molecule has 0 heterocycles. The first-order chi connectivity index (χ1) is 14.0. The van der Waals surface area contributed by atoms with Gasteiger partial charge in [-0.1, -0.05) is 0 Å². The fraction of sp³-hybridized carbons (Fsp3) is 0.722. The Bertz CT molecular complexity index is 600. The Morgan fingerprint density at radius 1 is 1.03 bits per heavy atom. The maximum atomic E-state index is 12.1. The van der Waals surface area contributed by atoms with Gasteiger partial charge in [0.15, 0.2) is 0 Å². The third kappa shape index (κ3) is 11.0. The molecule has 0 saturated carbocycles. The zero-order valence-electron chi connectivity index (χ0n) is 17.1. The average Bonchev–Trinajstić information content (AvgIpc) is 2.68. The van der Waals surface area contributed by atoms with Crippen LogP contribution in [0, 0.1) is 0 Å². The monoisotopic (exact) mass is 429 g/mol. The summed E-state index contributed by atoms with van der Waals surface area (Å²) in [5.74, 6) is -2.72. The predicted molar refractivity (Wildman–Crippen MR) is 108 cm³/mol. The van der Waals surface area contributed by atoms with Gasteiger partial charge in [-0.3, -0.25) is 24.0 Å². The molecule has 0 fully saturated rings. The highest BCUT2D eigenvalue weighted by Crippen LogP contribution is 2.07. The molecule has 3 amide bonds. The van der Waals surface area contributed by atoms with Crippen LogP contribution in [0.15, 0.2) is 0 Å². The summed E-state index contributed by atoms with van der Waals surface area (Å²) in [5.41, 5.74) is 21.6. The number of carbonyl (C=O) groups excluding carboxylic acids is 5. The molecule has 171 valence electrons. The normalized spacial score (nSPS) is 15.9. The summed E-state index contributed by atoms with van der Waals surface area (Å²) in [6.07, 6.45) is 1.05. The first-order valence-corrected chi connectivity index (χ1v) is 9.72. The smallest absolute Gasteiger partial charge is 0.240 e. The molecule has 30 heavy (non-hydrogen) atoms. The van der Waals surface area contributed by atoms with E-state index in [1.807, 2.05) is 0 Å². The third-order valence-electron chi connectivity index (χ3n) is 4.35. The van der Waals surface area contributed by atoms with E-state index in [1.165, 1.54) is 6.92 Å². The molecule has 12 heteroatoms. The second kappa shape index (κ2) is 14.6. The highest BCUT2D eigenvalue weighted by atomic mass is 16.3. The summed E-state index contributed by atoms with van der Waals surface area (Å²) in [6, 6.07) is -4.28. The first-order valence-electron chi connectivity index (χ1n) is 9.72. The Labute approximate surface area is 175 Å². The maximum absolute atomic E-state index is 12.1. The van der Waals surface area contributed by atoms with Gasteiger partial charge >= 0.3 is 0 Å². The second-order valence-corrected chi connectivity index (χ2v) is 7.09. The minimum absolute atomic E-state index is 0.0932. The van der Waals surface area contributed by atoms with Crippen molar-refractivity contribution in [3.63, 3.8) is 0 Å². The van der Waals surface area contributed by atoms with Gasteiger partial charge in [0, 0.05) is 12.8 Å². The van der Waals surface area contributed by atoms with Crippen molar-refractivity contribution in [2.45, 2.75) is 75.7 Å². The van der Waals surface area contributed by atoms with Crippen molar-refractivity contribution in [2.75, 3.05) is 6.54 Å². The van der Waals surface area contributed by atoms with Gasteiger partial charge in [-0.2, -0.15) is 0 Å². The minimum Gasteiger partial charge on any atom is -0.390 e. The van der Waals surface area contributed by atoms with Gasteiger partial charge in [0.2, 0.25) is 24.0 Å². The topological polar surface area (TPSA) is 234 Å². The van der Waals surface area contributed by atoms with Crippen LogP contribution in [0.5, 0.6) is 0 Å². The van der Waals surface area contributed by atoms with Gasteiger partial charge in [-0.15, -0.1) is 0 Å². The summed E-state index contributed by atoms with van der Waals surface area (Å²) in [5, 5.41) is 14.7. The molecule has 0 aliphatic heterocycles. The van der Waals surface area contributed by atoms with E-state index in [0.717, 1.165) is 0 Å². The molecule has 5 atom stereocenters. The molecule has 0 aromatic rings. The summed E-state index contributed by atoms with van der Waals surface area (Å²) >= 11 is 0. The van der Waals surface area contributed by atoms with Crippen molar-refractivity contribution >= 4 is 29.8 Å². The fourth-order valence-electron chi connectivity index (χ4n) is 2.45. The number of amides is 3. The number of nitrogens with one attached hydrogen (secondary N) is 2. The Hall–Kier alpha value is -2.41. The lowest BCUT2D eigenvalue weighted by Crippen LogP contribution is -2.52. The van der Waals surface area contributed by atoms with E-state index in [-0.39, 0.29) is 12.8 Å². The van der Waals surface area contributed by atoms with Gasteiger partial charge in [-0.25, -0.2) is 0 Å². The quantitative estimate of drug-likeness (QED) is 0.120. The molecule has 12 nitrogen and oxygen atoms in total. The average molecular weight is 429 g/mol. The lowest BCUT2D eigenvalue weighted by molar-refractivity contribution is -0.129. The number of rotatable bonds is 16. The number of unbranched alkanes of at least 4 members (excludes halogenated alkanes) is 1. The molecule has 0 saturated heterocycles. The van der Waals surface area contributed by atoms with Crippen molar-refractivity contribution in [1.82, 2.24) is 10.6 Å². The summed E-state index contributed by atoms with van der Waals surface area (Å²) in [7, 11) is 0. The second-order valence-electron chi connectivity index (χ2n) is 7.09. The van der Waals surface area contributed by atoms with Crippen LogP contribution in [0.2, 0.25) is 0 Å². The van der Waals surface area contributed by atoms with Crippen LogP contribution in [-0.2, 0) is 24.0 Å². The van der Waals surface area contributed by atoms with E-state index in [4.69, 9.17) is 22.9 Å². The van der Waals surface area contributed by atoms with Gasteiger partial charge in [0.1, 0.15) is 17.9 Å². The number of nitrogens with two attached hydrogens (primary N) is 4. The minimum atomic E-state index is -1.50. The predicted octanol–water partition coefficient (Wildman–Crippen LogP) is -3.55. The number of hydrogen-bond acceptors (Lipinski definition) is 9. The highest BCUT2D eigenvalue weighted by Gasteiger charge is 2.27. The molecule has 0 spiro atoms. The number of aliphatic hydroxyl groups is 1. The third-order valence-corrected chi connectivity index (χ3v) is 4.35. The molecule has 0 unspecified atom stereocenters. The van der Waals surface area contributed by atoms with Crippen molar-refractivity contribution in [3.05, 3.63) is 0 Å². The zero-order chi connectivity index (χ0) is 23.3. The molecular weight excluding hydrogens is 396 g/mol.